The second-order valence-corrected chi connectivity index (χ2v) is 4.24. The zero-order chi connectivity index (χ0) is 10.7. The highest BCUT2D eigenvalue weighted by atomic mass is 32.2. The van der Waals surface area contributed by atoms with Gasteiger partial charge in [-0.2, -0.15) is 0 Å². The van der Waals surface area contributed by atoms with Gasteiger partial charge in [0, 0.05) is 9.79 Å². The van der Waals surface area contributed by atoms with Gasteiger partial charge in [0.05, 0.1) is 0 Å². The van der Waals surface area contributed by atoms with Crippen molar-refractivity contribution in [3.8, 4) is 11.5 Å². The Balaban J connectivity index is 0.00000128. The predicted molar refractivity (Wildman–Crippen MR) is 65.4 cm³/mol. The molecule has 0 fully saturated rings. The first-order valence-electron chi connectivity index (χ1n) is 4.50. The molecule has 2 rings (SSSR count). The molecule has 5 N–H and O–H groups in total. The van der Waals surface area contributed by atoms with E-state index in [9.17, 15) is 0 Å². The number of phenolic OH excluding ortho intramolecular Hbond substituents is 2. The minimum absolute atomic E-state index is 0. The van der Waals surface area contributed by atoms with Crippen molar-refractivity contribution in [1.29, 1.82) is 0 Å². The summed E-state index contributed by atoms with van der Waals surface area (Å²) >= 11 is 1.58. The lowest BCUT2D eigenvalue weighted by Crippen LogP contribution is -1.73. The minimum atomic E-state index is 0. The van der Waals surface area contributed by atoms with Crippen LogP contribution in [0.4, 0.5) is 0 Å². The van der Waals surface area contributed by atoms with Gasteiger partial charge in [-0.3, -0.25) is 0 Å². The molecule has 3 nitrogen and oxygen atoms in total. The lowest BCUT2D eigenvalue weighted by Gasteiger charge is -2.01. The van der Waals surface area contributed by atoms with Crippen molar-refractivity contribution >= 4 is 11.8 Å². The molecule has 0 spiro atoms. The summed E-state index contributed by atoms with van der Waals surface area (Å²) in [5.41, 5.74) is 0. The maximum absolute atomic E-state index is 9.12. The zero-order valence-electron chi connectivity index (χ0n) is 8.63. The zero-order valence-corrected chi connectivity index (χ0v) is 9.45. The highest BCUT2D eigenvalue weighted by molar-refractivity contribution is 7.99. The molecule has 0 radical (unpaired) electrons. The molecule has 4 heteroatoms. The summed E-state index contributed by atoms with van der Waals surface area (Å²) < 4.78 is 0. The molecule has 2 aromatic carbocycles. The van der Waals surface area contributed by atoms with E-state index < -0.39 is 0 Å². The topological polar surface area (TPSA) is 75.5 Å². The van der Waals surface area contributed by atoms with E-state index in [1.807, 2.05) is 24.3 Å². The molecule has 0 atom stereocenters. The summed E-state index contributed by atoms with van der Waals surface area (Å²) in [7, 11) is 0. The van der Waals surface area contributed by atoms with E-state index in [-0.39, 0.29) is 17.6 Å². The molecule has 0 aromatic heterocycles. The molecule has 0 saturated carbocycles. The summed E-state index contributed by atoms with van der Waals surface area (Å²) in [5, 5.41) is 18.2. The fraction of sp³-hybridized carbons (Fsp3) is 0. The fourth-order valence-electron chi connectivity index (χ4n) is 1.16. The Morgan fingerprint density at radius 3 is 1.25 bits per heavy atom. The molecule has 0 aliphatic heterocycles. The van der Waals surface area contributed by atoms with Crippen molar-refractivity contribution in [1.82, 2.24) is 6.15 Å². The van der Waals surface area contributed by atoms with Crippen LogP contribution in [-0.4, -0.2) is 10.2 Å². The number of aromatic hydroxyl groups is 2. The average molecular weight is 235 g/mol. The van der Waals surface area contributed by atoms with E-state index in [2.05, 4.69) is 0 Å². The Bertz CT molecular complexity index is 396. The van der Waals surface area contributed by atoms with E-state index in [0.29, 0.717) is 0 Å². The molecule has 0 amide bonds. The van der Waals surface area contributed by atoms with Crippen molar-refractivity contribution < 1.29 is 10.2 Å². The number of rotatable bonds is 2. The van der Waals surface area contributed by atoms with Crippen LogP contribution in [0.1, 0.15) is 0 Å². The van der Waals surface area contributed by atoms with Crippen LogP contribution in [0, 0.1) is 0 Å². The molecule has 0 heterocycles. The summed E-state index contributed by atoms with van der Waals surface area (Å²) in [6, 6.07) is 14.0. The van der Waals surface area contributed by atoms with Gasteiger partial charge in [-0.15, -0.1) is 0 Å². The highest BCUT2D eigenvalue weighted by Gasteiger charge is 1.97. The smallest absolute Gasteiger partial charge is 0.115 e. The predicted octanol–water partition coefficient (Wildman–Crippen LogP) is 3.41. The van der Waals surface area contributed by atoms with Crippen molar-refractivity contribution in [3.05, 3.63) is 48.5 Å². The molecule has 84 valence electrons. The lowest BCUT2D eigenvalue weighted by atomic mass is 10.3. The summed E-state index contributed by atoms with van der Waals surface area (Å²) in [4.78, 5) is 2.11. The number of benzene rings is 2. The number of hydrogen-bond donors (Lipinski definition) is 3. The molecule has 0 bridgehead atoms. The standard InChI is InChI=1S/C12H10O2S.H3N/c13-9-1-5-11(6-2-9)15-12-7-3-10(14)4-8-12;/h1-8,13-14H;1H3. The summed E-state index contributed by atoms with van der Waals surface area (Å²) in [6.45, 7) is 0. The molecular formula is C12H13NO2S. The molecular weight excluding hydrogens is 222 g/mol. The van der Waals surface area contributed by atoms with Gasteiger partial charge in [-0.1, -0.05) is 11.8 Å². The molecule has 0 aliphatic carbocycles. The monoisotopic (exact) mass is 235 g/mol. The van der Waals surface area contributed by atoms with E-state index >= 15 is 0 Å². The number of hydrogen-bond acceptors (Lipinski definition) is 4. The van der Waals surface area contributed by atoms with E-state index in [4.69, 9.17) is 10.2 Å². The summed E-state index contributed by atoms with van der Waals surface area (Å²) in [5.74, 6) is 0.537. The van der Waals surface area contributed by atoms with Gasteiger partial charge in [-0.05, 0) is 48.5 Å². The van der Waals surface area contributed by atoms with Gasteiger partial charge >= 0.3 is 0 Å². The van der Waals surface area contributed by atoms with E-state index in [1.165, 1.54) is 0 Å². The third kappa shape index (κ3) is 3.18. The minimum Gasteiger partial charge on any atom is -0.508 e. The van der Waals surface area contributed by atoms with Gasteiger partial charge in [0.15, 0.2) is 0 Å². The normalized spacial score (nSPS) is 9.50. The maximum atomic E-state index is 9.12. The van der Waals surface area contributed by atoms with Crippen LogP contribution < -0.4 is 6.15 Å². The van der Waals surface area contributed by atoms with Crippen LogP contribution in [0.25, 0.3) is 0 Å². The van der Waals surface area contributed by atoms with Gasteiger partial charge in [0.1, 0.15) is 11.5 Å². The second-order valence-electron chi connectivity index (χ2n) is 3.09. The van der Waals surface area contributed by atoms with Crippen LogP contribution in [0.5, 0.6) is 11.5 Å². The largest absolute Gasteiger partial charge is 0.508 e. The first-order chi connectivity index (χ1) is 7.24. The molecule has 0 saturated heterocycles. The Hall–Kier alpha value is -1.65. The quantitative estimate of drug-likeness (QED) is 0.745. The van der Waals surface area contributed by atoms with Gasteiger partial charge in [0.25, 0.3) is 0 Å². The average Bonchev–Trinajstić information content (AvgIpc) is 2.25. The highest BCUT2D eigenvalue weighted by Crippen LogP contribution is 2.29. The van der Waals surface area contributed by atoms with E-state index in [0.717, 1.165) is 9.79 Å². The summed E-state index contributed by atoms with van der Waals surface area (Å²) in [6.07, 6.45) is 0. The van der Waals surface area contributed by atoms with Gasteiger partial charge in [-0.25, -0.2) is 0 Å². The maximum Gasteiger partial charge on any atom is 0.115 e. The van der Waals surface area contributed by atoms with Crippen LogP contribution in [-0.2, 0) is 0 Å². The Labute approximate surface area is 98.3 Å². The fourth-order valence-corrected chi connectivity index (χ4v) is 1.98. The molecule has 0 unspecified atom stereocenters. The van der Waals surface area contributed by atoms with Gasteiger partial charge < -0.3 is 16.4 Å². The van der Waals surface area contributed by atoms with Crippen LogP contribution in [0.2, 0.25) is 0 Å². The third-order valence-corrected chi connectivity index (χ3v) is 2.92. The van der Waals surface area contributed by atoms with Gasteiger partial charge in [0.2, 0.25) is 0 Å². The lowest BCUT2D eigenvalue weighted by molar-refractivity contribution is 0.474. The van der Waals surface area contributed by atoms with Crippen LogP contribution in [0.3, 0.4) is 0 Å². The first-order valence-corrected chi connectivity index (χ1v) is 5.31. The Kier molecular flexibility index (Phi) is 4.22. The molecule has 16 heavy (non-hydrogen) atoms. The van der Waals surface area contributed by atoms with Crippen molar-refractivity contribution in [2.24, 2.45) is 0 Å². The second kappa shape index (κ2) is 5.44. The van der Waals surface area contributed by atoms with Crippen LogP contribution in [0.15, 0.2) is 58.3 Å². The van der Waals surface area contributed by atoms with Crippen molar-refractivity contribution in [2.75, 3.05) is 0 Å². The Morgan fingerprint density at radius 1 is 0.625 bits per heavy atom. The van der Waals surface area contributed by atoms with E-state index in [1.54, 1.807) is 36.0 Å². The third-order valence-electron chi connectivity index (χ3n) is 1.91. The Morgan fingerprint density at radius 2 is 0.938 bits per heavy atom. The SMILES string of the molecule is N.Oc1ccc(Sc2ccc(O)cc2)cc1. The molecule has 2 aromatic rings. The molecule has 0 aliphatic rings. The number of phenols is 2. The first kappa shape index (κ1) is 12.4. The van der Waals surface area contributed by atoms with Crippen molar-refractivity contribution in [2.45, 2.75) is 9.79 Å². The van der Waals surface area contributed by atoms with Crippen molar-refractivity contribution in [3.63, 3.8) is 0 Å². The van der Waals surface area contributed by atoms with Crippen LogP contribution >= 0.6 is 11.8 Å².